The van der Waals surface area contributed by atoms with Gasteiger partial charge in [-0.3, -0.25) is 4.68 Å². The largest absolute Gasteiger partial charge is 0.384 e. The van der Waals surface area contributed by atoms with Gasteiger partial charge < -0.3 is 4.74 Å². The summed E-state index contributed by atoms with van der Waals surface area (Å²) in [5, 5.41) is 4.12. The average molecular weight is 354 g/mol. The van der Waals surface area contributed by atoms with E-state index in [1.807, 2.05) is 0 Å². The third kappa shape index (κ3) is 4.27. The summed E-state index contributed by atoms with van der Waals surface area (Å²) in [6, 6.07) is 0. The van der Waals surface area contributed by atoms with Crippen molar-refractivity contribution in [1.29, 1.82) is 0 Å². The SMILES string of the molecule is COCC(Br)CCNS(=O)(=O)c1c(C)nn(C)c1C. The molecular weight excluding hydrogens is 334 g/mol. The molecule has 0 spiro atoms. The van der Waals surface area contributed by atoms with Crippen LogP contribution in [0.25, 0.3) is 0 Å². The van der Waals surface area contributed by atoms with Gasteiger partial charge in [0.15, 0.2) is 0 Å². The van der Waals surface area contributed by atoms with E-state index in [2.05, 4.69) is 25.8 Å². The molecule has 1 unspecified atom stereocenters. The first-order valence-electron chi connectivity index (χ1n) is 5.92. The Kier molecular flexibility index (Phi) is 5.97. The number of nitrogens with zero attached hydrogens (tertiary/aromatic N) is 2. The Bertz CT molecular complexity index is 528. The number of alkyl halides is 1. The van der Waals surface area contributed by atoms with Crippen LogP contribution in [0.2, 0.25) is 0 Å². The molecule has 0 bridgehead atoms. The summed E-state index contributed by atoms with van der Waals surface area (Å²) in [4.78, 5) is 0.407. The summed E-state index contributed by atoms with van der Waals surface area (Å²) in [5.74, 6) is 0. The maximum absolute atomic E-state index is 12.2. The lowest BCUT2D eigenvalue weighted by atomic mass is 10.3. The zero-order valence-electron chi connectivity index (χ0n) is 11.6. The summed E-state index contributed by atoms with van der Waals surface area (Å²) in [5.41, 5.74) is 1.15. The van der Waals surface area contributed by atoms with E-state index < -0.39 is 10.0 Å². The Morgan fingerprint density at radius 3 is 2.58 bits per heavy atom. The summed E-state index contributed by atoms with van der Waals surface area (Å²) in [7, 11) is -0.164. The van der Waals surface area contributed by atoms with Crippen molar-refractivity contribution in [3.63, 3.8) is 0 Å². The number of ether oxygens (including phenoxy) is 1. The Morgan fingerprint density at radius 1 is 1.47 bits per heavy atom. The van der Waals surface area contributed by atoms with Crippen molar-refractivity contribution < 1.29 is 13.2 Å². The Balaban J connectivity index is 2.72. The number of nitrogens with one attached hydrogen (secondary N) is 1. The maximum atomic E-state index is 12.2. The van der Waals surface area contributed by atoms with E-state index in [1.165, 1.54) is 0 Å². The Hall–Kier alpha value is -0.440. The van der Waals surface area contributed by atoms with Gasteiger partial charge in [-0.1, -0.05) is 15.9 Å². The number of sulfonamides is 1. The first kappa shape index (κ1) is 16.6. The molecule has 0 amide bonds. The van der Waals surface area contributed by atoms with Gasteiger partial charge in [0, 0.05) is 25.5 Å². The molecule has 1 aromatic rings. The minimum absolute atomic E-state index is 0.135. The molecule has 8 heteroatoms. The number of hydrogen-bond donors (Lipinski definition) is 1. The van der Waals surface area contributed by atoms with E-state index in [0.29, 0.717) is 31.0 Å². The molecule has 0 aliphatic rings. The maximum Gasteiger partial charge on any atom is 0.244 e. The predicted octanol–water partition coefficient (Wildman–Crippen LogP) is 1.12. The second kappa shape index (κ2) is 6.83. The van der Waals surface area contributed by atoms with Crippen molar-refractivity contribution in [2.75, 3.05) is 20.3 Å². The van der Waals surface area contributed by atoms with Gasteiger partial charge in [-0.2, -0.15) is 5.10 Å². The fourth-order valence-corrected chi connectivity index (χ4v) is 3.80. The second-order valence-electron chi connectivity index (χ2n) is 4.36. The molecule has 0 aromatic carbocycles. The zero-order valence-corrected chi connectivity index (χ0v) is 14.0. The third-order valence-corrected chi connectivity index (χ3v) is 5.24. The summed E-state index contributed by atoms with van der Waals surface area (Å²) < 4.78 is 33.6. The fraction of sp³-hybridized carbons (Fsp3) is 0.727. The second-order valence-corrected chi connectivity index (χ2v) is 7.36. The highest BCUT2D eigenvalue weighted by Gasteiger charge is 2.23. The van der Waals surface area contributed by atoms with Gasteiger partial charge in [0.25, 0.3) is 0 Å². The highest BCUT2D eigenvalue weighted by molar-refractivity contribution is 9.09. The topological polar surface area (TPSA) is 73.2 Å². The Morgan fingerprint density at radius 2 is 2.11 bits per heavy atom. The van der Waals surface area contributed by atoms with Crippen molar-refractivity contribution in [3.8, 4) is 0 Å². The summed E-state index contributed by atoms with van der Waals surface area (Å²) in [6.45, 7) is 4.34. The molecule has 0 fully saturated rings. The molecule has 0 radical (unpaired) electrons. The van der Waals surface area contributed by atoms with Crippen molar-refractivity contribution in [2.24, 2.45) is 7.05 Å². The summed E-state index contributed by atoms with van der Waals surface area (Å²) in [6.07, 6.45) is 0.658. The number of aryl methyl sites for hydroxylation is 2. The first-order chi connectivity index (χ1) is 8.79. The highest BCUT2D eigenvalue weighted by Crippen LogP contribution is 2.18. The van der Waals surface area contributed by atoms with Crippen LogP contribution in [-0.2, 0) is 21.8 Å². The van der Waals surface area contributed by atoms with Crippen LogP contribution < -0.4 is 4.72 Å². The lowest BCUT2D eigenvalue weighted by molar-refractivity contribution is 0.199. The molecule has 1 heterocycles. The fourth-order valence-electron chi connectivity index (χ4n) is 1.83. The molecule has 0 aliphatic carbocycles. The van der Waals surface area contributed by atoms with Crippen LogP contribution >= 0.6 is 15.9 Å². The van der Waals surface area contributed by atoms with Gasteiger partial charge in [-0.15, -0.1) is 0 Å². The van der Waals surface area contributed by atoms with E-state index in [9.17, 15) is 8.42 Å². The van der Waals surface area contributed by atoms with Crippen LogP contribution in [0.5, 0.6) is 0 Å². The van der Waals surface area contributed by atoms with Crippen molar-refractivity contribution >= 4 is 26.0 Å². The number of aromatic nitrogens is 2. The van der Waals surface area contributed by atoms with E-state index in [0.717, 1.165) is 0 Å². The van der Waals surface area contributed by atoms with Crippen molar-refractivity contribution in [2.45, 2.75) is 30.0 Å². The molecule has 6 nitrogen and oxygen atoms in total. The van der Waals surface area contributed by atoms with Gasteiger partial charge in [-0.05, 0) is 20.3 Å². The number of hydrogen-bond acceptors (Lipinski definition) is 4. The molecule has 1 N–H and O–H groups in total. The lowest BCUT2D eigenvalue weighted by Gasteiger charge is -2.10. The number of halogens is 1. The van der Waals surface area contributed by atoms with Crippen molar-refractivity contribution in [3.05, 3.63) is 11.4 Å². The molecule has 19 heavy (non-hydrogen) atoms. The molecule has 0 aliphatic heterocycles. The van der Waals surface area contributed by atoms with Crippen LogP contribution in [0.4, 0.5) is 0 Å². The van der Waals surface area contributed by atoms with E-state index in [1.54, 1.807) is 32.7 Å². The highest BCUT2D eigenvalue weighted by atomic mass is 79.9. The van der Waals surface area contributed by atoms with Crippen LogP contribution in [-0.4, -0.2) is 43.3 Å². The molecule has 0 saturated carbocycles. The predicted molar refractivity (Wildman–Crippen MR) is 77.1 cm³/mol. The molecule has 0 saturated heterocycles. The molecule has 1 atom stereocenters. The number of methoxy groups -OCH3 is 1. The normalized spacial score (nSPS) is 13.7. The molecule has 1 rings (SSSR count). The minimum Gasteiger partial charge on any atom is -0.384 e. The van der Waals surface area contributed by atoms with Crippen LogP contribution in [0.15, 0.2) is 4.90 Å². The van der Waals surface area contributed by atoms with Crippen molar-refractivity contribution in [1.82, 2.24) is 14.5 Å². The minimum atomic E-state index is -3.51. The first-order valence-corrected chi connectivity index (χ1v) is 8.32. The quantitative estimate of drug-likeness (QED) is 0.745. The smallest absolute Gasteiger partial charge is 0.244 e. The molecule has 1 aromatic heterocycles. The van der Waals surface area contributed by atoms with Gasteiger partial charge in [-0.25, -0.2) is 13.1 Å². The van der Waals surface area contributed by atoms with Gasteiger partial charge in [0.1, 0.15) is 4.90 Å². The third-order valence-electron chi connectivity index (χ3n) is 2.81. The average Bonchev–Trinajstić information content (AvgIpc) is 2.53. The zero-order chi connectivity index (χ0) is 14.6. The van der Waals surface area contributed by atoms with Crippen LogP contribution in [0.3, 0.4) is 0 Å². The van der Waals surface area contributed by atoms with E-state index in [-0.39, 0.29) is 9.72 Å². The van der Waals surface area contributed by atoms with Gasteiger partial charge in [0.05, 0.1) is 18.0 Å². The molecular formula is C11H20BrN3O3S. The summed E-state index contributed by atoms with van der Waals surface area (Å²) >= 11 is 3.42. The number of rotatable bonds is 7. The van der Waals surface area contributed by atoms with Crippen LogP contribution in [0, 0.1) is 13.8 Å². The molecule has 110 valence electrons. The lowest BCUT2D eigenvalue weighted by Crippen LogP contribution is -2.28. The van der Waals surface area contributed by atoms with Gasteiger partial charge >= 0.3 is 0 Å². The standard InChI is InChI=1S/C11H20BrN3O3S/c1-8-11(9(2)15(3)14-8)19(16,17)13-6-5-10(12)7-18-4/h10,13H,5-7H2,1-4H3. The van der Waals surface area contributed by atoms with Gasteiger partial charge in [0.2, 0.25) is 10.0 Å². The Labute approximate surface area is 122 Å². The van der Waals surface area contributed by atoms with E-state index in [4.69, 9.17) is 4.74 Å². The van der Waals surface area contributed by atoms with Crippen LogP contribution in [0.1, 0.15) is 17.8 Å². The van der Waals surface area contributed by atoms with E-state index >= 15 is 0 Å². The monoisotopic (exact) mass is 353 g/mol.